The van der Waals surface area contributed by atoms with E-state index < -0.39 is 5.82 Å². The van der Waals surface area contributed by atoms with Gasteiger partial charge in [-0.2, -0.15) is 16.7 Å². The summed E-state index contributed by atoms with van der Waals surface area (Å²) in [7, 11) is 0. The van der Waals surface area contributed by atoms with Crippen molar-refractivity contribution in [2.24, 2.45) is 23.5 Å². The van der Waals surface area contributed by atoms with E-state index in [4.69, 9.17) is 15.2 Å². The molecule has 6 bridgehead atoms. The first kappa shape index (κ1) is 25.8. The second-order valence-corrected chi connectivity index (χ2v) is 11.9. The third kappa shape index (κ3) is 5.47. The maximum atomic E-state index is 14.7. The van der Waals surface area contributed by atoms with E-state index in [0.717, 1.165) is 75.3 Å². The van der Waals surface area contributed by atoms with E-state index in [1.54, 1.807) is 0 Å². The molecule has 3 fully saturated rings. The number of benzene rings is 1. The molecule has 4 N–H and O–H groups in total. The first-order valence-corrected chi connectivity index (χ1v) is 14.6. The van der Waals surface area contributed by atoms with Crippen molar-refractivity contribution in [1.82, 2.24) is 14.9 Å². The number of morpholine rings is 1. The standard InChI is InChI=1S/C27H35FN6O3S/c28-20-14-30-27-31-18-4-1-3-16(11-18)21(37-8-2-5-34-6-9-36-10-7-34)15-38-22-13-17-12-19(22)24(23(17)25(29)35)32-26(20)33-27/h1,3-4,11,14,17,19,21-24H,2,5-10,12-13,15H2,(H2,29,35)(H2,30,31,32,33). The van der Waals surface area contributed by atoms with E-state index in [0.29, 0.717) is 11.9 Å². The zero-order valence-electron chi connectivity index (χ0n) is 21.4. The molecule has 6 rings (SSSR count). The van der Waals surface area contributed by atoms with Crippen molar-refractivity contribution in [3.8, 4) is 0 Å². The number of primary amides is 1. The van der Waals surface area contributed by atoms with Gasteiger partial charge >= 0.3 is 0 Å². The minimum Gasteiger partial charge on any atom is -0.379 e. The summed E-state index contributed by atoms with van der Waals surface area (Å²) in [5.41, 5.74) is 7.72. The monoisotopic (exact) mass is 542 g/mol. The summed E-state index contributed by atoms with van der Waals surface area (Å²) in [5.74, 6) is 0.375. The normalized spacial score (nSPS) is 30.8. The summed E-state index contributed by atoms with van der Waals surface area (Å²) in [6.45, 7) is 5.24. The van der Waals surface area contributed by atoms with Gasteiger partial charge in [0.05, 0.1) is 31.4 Å². The number of aromatic nitrogens is 2. The average Bonchev–Trinajstić information content (AvgIpc) is 3.49. The molecule has 11 heteroatoms. The van der Waals surface area contributed by atoms with Gasteiger partial charge in [-0.1, -0.05) is 12.1 Å². The van der Waals surface area contributed by atoms with Crippen LogP contribution in [-0.4, -0.2) is 77.3 Å². The fourth-order valence-corrected chi connectivity index (χ4v) is 8.14. The molecule has 1 saturated heterocycles. The lowest BCUT2D eigenvalue weighted by atomic mass is 9.83. The van der Waals surface area contributed by atoms with Gasteiger partial charge in [-0.15, -0.1) is 0 Å². The van der Waals surface area contributed by atoms with Gasteiger partial charge in [0.15, 0.2) is 11.6 Å². The van der Waals surface area contributed by atoms with E-state index >= 15 is 0 Å². The van der Waals surface area contributed by atoms with Gasteiger partial charge in [0.2, 0.25) is 11.9 Å². The number of ether oxygens (including phenoxy) is 2. The quantitative estimate of drug-likeness (QED) is 0.474. The number of hydrogen-bond acceptors (Lipinski definition) is 9. The van der Waals surface area contributed by atoms with Gasteiger partial charge in [0, 0.05) is 49.0 Å². The number of halogens is 1. The highest BCUT2D eigenvalue weighted by Crippen LogP contribution is 2.54. The summed E-state index contributed by atoms with van der Waals surface area (Å²) in [6, 6.07) is 7.83. The summed E-state index contributed by atoms with van der Waals surface area (Å²) in [6.07, 6.45) is 3.89. The third-order valence-electron chi connectivity index (χ3n) is 8.34. The molecular weight excluding hydrogens is 507 g/mol. The predicted octanol–water partition coefficient (Wildman–Crippen LogP) is 3.18. The first-order chi connectivity index (χ1) is 18.5. The Hall–Kier alpha value is -2.47. The fraction of sp³-hybridized carbons (Fsp3) is 0.593. The Morgan fingerprint density at radius 2 is 2.16 bits per heavy atom. The fourth-order valence-electron chi connectivity index (χ4n) is 6.52. The Balaban J connectivity index is 1.24. The van der Waals surface area contributed by atoms with Crippen LogP contribution >= 0.6 is 11.8 Å². The minimum absolute atomic E-state index is 0.0726. The molecule has 1 aromatic heterocycles. The number of thioether (sulfide) groups is 1. The Morgan fingerprint density at radius 3 is 3.00 bits per heavy atom. The number of nitrogens with one attached hydrogen (secondary N) is 2. The van der Waals surface area contributed by atoms with Crippen LogP contribution < -0.4 is 16.4 Å². The molecule has 1 aromatic carbocycles. The van der Waals surface area contributed by atoms with Gasteiger partial charge in [-0.25, -0.2) is 9.37 Å². The zero-order valence-corrected chi connectivity index (χ0v) is 22.2. The molecule has 3 heterocycles. The summed E-state index contributed by atoms with van der Waals surface area (Å²) in [4.78, 5) is 23.4. The van der Waals surface area contributed by atoms with Crippen LogP contribution in [0.5, 0.6) is 0 Å². The van der Waals surface area contributed by atoms with Crippen molar-refractivity contribution in [2.45, 2.75) is 36.7 Å². The van der Waals surface area contributed by atoms with Gasteiger partial charge in [-0.05, 0) is 48.8 Å². The number of nitrogens with zero attached hydrogens (tertiary/aromatic N) is 3. The number of rotatable bonds is 6. The molecular formula is C27H35FN6O3S. The Morgan fingerprint density at radius 1 is 1.29 bits per heavy atom. The molecule has 204 valence electrons. The lowest BCUT2D eigenvalue weighted by molar-refractivity contribution is -0.123. The molecule has 0 spiro atoms. The van der Waals surface area contributed by atoms with Crippen molar-refractivity contribution >= 4 is 35.1 Å². The van der Waals surface area contributed by atoms with Crippen molar-refractivity contribution in [2.75, 3.05) is 55.8 Å². The van der Waals surface area contributed by atoms with Crippen molar-refractivity contribution < 1.29 is 18.7 Å². The van der Waals surface area contributed by atoms with Crippen LogP contribution in [-0.2, 0) is 14.3 Å². The van der Waals surface area contributed by atoms with Gasteiger partial charge < -0.3 is 25.8 Å². The van der Waals surface area contributed by atoms with Crippen molar-refractivity contribution in [3.63, 3.8) is 0 Å². The van der Waals surface area contributed by atoms with E-state index in [1.807, 2.05) is 23.9 Å². The van der Waals surface area contributed by atoms with E-state index in [9.17, 15) is 9.18 Å². The van der Waals surface area contributed by atoms with Gasteiger partial charge in [0.1, 0.15) is 0 Å². The van der Waals surface area contributed by atoms with Crippen LogP contribution in [0.4, 0.5) is 21.8 Å². The Kier molecular flexibility index (Phi) is 7.69. The zero-order chi connectivity index (χ0) is 26.1. The van der Waals surface area contributed by atoms with Crippen LogP contribution in [0.3, 0.4) is 0 Å². The second-order valence-electron chi connectivity index (χ2n) is 10.7. The number of carbonyl (C=O) groups excluding carboxylic acids is 1. The largest absolute Gasteiger partial charge is 0.379 e. The summed E-state index contributed by atoms with van der Waals surface area (Å²) in [5, 5.41) is 6.80. The lowest BCUT2D eigenvalue weighted by Gasteiger charge is -2.35. The predicted molar refractivity (Wildman–Crippen MR) is 145 cm³/mol. The summed E-state index contributed by atoms with van der Waals surface area (Å²) >= 11 is 1.90. The topological polar surface area (TPSA) is 115 Å². The Labute approximate surface area is 226 Å². The Bertz CT molecular complexity index is 1150. The molecule has 9 nitrogen and oxygen atoms in total. The number of anilines is 3. The highest BCUT2D eigenvalue weighted by atomic mass is 32.2. The number of nitrogens with two attached hydrogens (primary N) is 1. The SMILES string of the molecule is NC(=O)C1C2CC3SCC(OCCCN4CCOCC4)c4cccc(c4)Nc4ncc(F)c(n4)NC1C3C2. The molecule has 6 unspecified atom stereocenters. The highest BCUT2D eigenvalue weighted by molar-refractivity contribution is 7.99. The molecule has 6 atom stereocenters. The first-order valence-electron chi connectivity index (χ1n) is 13.5. The highest BCUT2D eigenvalue weighted by Gasteiger charge is 2.55. The van der Waals surface area contributed by atoms with Crippen LogP contribution in [0.2, 0.25) is 0 Å². The van der Waals surface area contributed by atoms with Crippen molar-refractivity contribution in [3.05, 3.63) is 41.8 Å². The van der Waals surface area contributed by atoms with E-state index in [2.05, 4.69) is 37.6 Å². The van der Waals surface area contributed by atoms with E-state index in [-0.39, 0.29) is 47.6 Å². The maximum Gasteiger partial charge on any atom is 0.229 e. The minimum atomic E-state index is -0.544. The maximum absolute atomic E-state index is 14.7. The lowest BCUT2D eigenvalue weighted by Crippen LogP contribution is -2.46. The molecule has 0 radical (unpaired) electrons. The molecule has 2 aliphatic carbocycles. The molecule has 1 amide bonds. The van der Waals surface area contributed by atoms with Gasteiger partial charge in [-0.3, -0.25) is 9.69 Å². The second kappa shape index (κ2) is 11.3. The molecule has 2 aliphatic heterocycles. The molecule has 2 aromatic rings. The molecule has 4 aliphatic rings. The number of amides is 1. The number of fused-ring (bicyclic) bond motifs is 5. The van der Waals surface area contributed by atoms with E-state index in [1.165, 1.54) is 0 Å². The van der Waals surface area contributed by atoms with Crippen LogP contribution in [0, 0.1) is 23.6 Å². The van der Waals surface area contributed by atoms with Crippen LogP contribution in [0.15, 0.2) is 30.5 Å². The van der Waals surface area contributed by atoms with Gasteiger partial charge in [0.25, 0.3) is 0 Å². The summed E-state index contributed by atoms with van der Waals surface area (Å²) < 4.78 is 26.7. The molecule has 38 heavy (non-hydrogen) atoms. The molecule has 2 saturated carbocycles. The van der Waals surface area contributed by atoms with Crippen LogP contribution in [0.1, 0.15) is 30.9 Å². The van der Waals surface area contributed by atoms with Crippen molar-refractivity contribution in [1.29, 1.82) is 0 Å². The van der Waals surface area contributed by atoms with Crippen LogP contribution in [0.25, 0.3) is 0 Å². The third-order valence-corrected chi connectivity index (χ3v) is 9.80. The average molecular weight is 543 g/mol. The number of hydrogen-bond donors (Lipinski definition) is 3. The smallest absolute Gasteiger partial charge is 0.229 e. The number of carbonyl (C=O) groups is 1.